The Morgan fingerprint density at radius 3 is 2.42 bits per heavy atom. The first kappa shape index (κ1) is 16.2. The topological polar surface area (TPSA) is 29.1 Å². The van der Waals surface area contributed by atoms with Crippen LogP contribution in [0.2, 0.25) is 0 Å². The highest BCUT2D eigenvalue weighted by Crippen LogP contribution is 2.19. The maximum Gasteiger partial charge on any atom is 0.224 e. The second-order valence-electron chi connectivity index (χ2n) is 5.43. The van der Waals surface area contributed by atoms with Crippen molar-refractivity contribution in [2.24, 2.45) is 5.92 Å². The Morgan fingerprint density at radius 1 is 1.26 bits per heavy atom. The monoisotopic (exact) mass is 325 g/mol. The van der Waals surface area contributed by atoms with Gasteiger partial charge in [-0.3, -0.25) is 4.79 Å². The Morgan fingerprint density at radius 2 is 1.89 bits per heavy atom. The molecule has 0 aliphatic heterocycles. The van der Waals surface area contributed by atoms with Crippen molar-refractivity contribution >= 4 is 27.5 Å². The summed E-state index contributed by atoms with van der Waals surface area (Å²) >= 11 is 3.72. The van der Waals surface area contributed by atoms with Crippen LogP contribution in [0.4, 0.5) is 5.69 Å². The second kappa shape index (κ2) is 8.36. The fourth-order valence-electron chi connectivity index (χ4n) is 2.03. The van der Waals surface area contributed by atoms with Crippen molar-refractivity contribution in [1.82, 2.24) is 0 Å². The van der Waals surface area contributed by atoms with Gasteiger partial charge >= 0.3 is 0 Å². The van der Waals surface area contributed by atoms with E-state index in [4.69, 9.17) is 0 Å². The summed E-state index contributed by atoms with van der Waals surface area (Å²) in [5.74, 6) is 0.797. The third-order valence-electron chi connectivity index (χ3n) is 2.90. The van der Waals surface area contributed by atoms with E-state index >= 15 is 0 Å². The van der Waals surface area contributed by atoms with Crippen molar-refractivity contribution in [2.45, 2.75) is 51.3 Å². The van der Waals surface area contributed by atoms with Gasteiger partial charge < -0.3 is 5.32 Å². The van der Waals surface area contributed by atoms with Gasteiger partial charge in [-0.2, -0.15) is 0 Å². The first-order valence-electron chi connectivity index (χ1n) is 7.04. The zero-order valence-corrected chi connectivity index (χ0v) is 13.7. The van der Waals surface area contributed by atoms with Crippen molar-refractivity contribution in [2.75, 3.05) is 5.32 Å². The van der Waals surface area contributed by atoms with Crippen LogP contribution in [-0.2, 0) is 11.2 Å². The molecule has 0 aliphatic carbocycles. The lowest BCUT2D eigenvalue weighted by molar-refractivity contribution is -0.116. The predicted octanol–water partition coefficient (Wildman–Crippen LogP) is 4.78. The molecule has 1 unspecified atom stereocenters. The van der Waals surface area contributed by atoms with Gasteiger partial charge in [-0.25, -0.2) is 0 Å². The molecule has 0 radical (unpaired) electrons. The van der Waals surface area contributed by atoms with Crippen molar-refractivity contribution in [1.29, 1.82) is 0 Å². The van der Waals surface area contributed by atoms with E-state index in [9.17, 15) is 4.79 Å². The molecule has 1 aromatic rings. The molecule has 106 valence electrons. The van der Waals surface area contributed by atoms with E-state index in [0.29, 0.717) is 17.2 Å². The number of carbonyl (C=O) groups excluding carboxylic acids is 1. The molecule has 1 atom stereocenters. The van der Waals surface area contributed by atoms with Crippen LogP contribution >= 0.6 is 15.9 Å². The zero-order chi connectivity index (χ0) is 14.3. The average Bonchev–Trinajstić information content (AvgIpc) is 2.31. The van der Waals surface area contributed by atoms with Crippen molar-refractivity contribution in [3.05, 3.63) is 29.8 Å². The van der Waals surface area contributed by atoms with Gasteiger partial charge in [0.05, 0.1) is 0 Å². The Hall–Kier alpha value is -0.830. The summed E-state index contributed by atoms with van der Waals surface area (Å²) in [6.45, 7) is 6.48. The smallest absolute Gasteiger partial charge is 0.224 e. The molecule has 0 saturated carbocycles. The molecule has 0 heterocycles. The lowest BCUT2D eigenvalue weighted by Crippen LogP contribution is -2.10. The van der Waals surface area contributed by atoms with Crippen LogP contribution in [0.15, 0.2) is 24.3 Å². The maximum atomic E-state index is 11.5. The molecule has 1 rings (SSSR count). The summed E-state index contributed by atoms with van der Waals surface area (Å²) in [6.07, 6.45) is 3.67. The highest BCUT2D eigenvalue weighted by Gasteiger charge is 2.08. The number of nitrogens with one attached hydrogen (secondary N) is 1. The highest BCUT2D eigenvalue weighted by atomic mass is 79.9. The quantitative estimate of drug-likeness (QED) is 0.718. The largest absolute Gasteiger partial charge is 0.326 e. The number of hydrogen-bond acceptors (Lipinski definition) is 1. The van der Waals surface area contributed by atoms with Crippen LogP contribution in [-0.4, -0.2) is 10.7 Å². The molecule has 0 fully saturated rings. The van der Waals surface area contributed by atoms with E-state index in [1.165, 1.54) is 12.0 Å². The molecule has 19 heavy (non-hydrogen) atoms. The van der Waals surface area contributed by atoms with Gasteiger partial charge in [-0.1, -0.05) is 48.8 Å². The standard InChI is InChI=1S/C16H24BrNO/c1-4-5-16(19)18-15-8-6-13(7-9-15)11-14(17)10-12(2)3/h6-9,12,14H,4-5,10-11H2,1-3H3,(H,18,19). The van der Waals surface area contributed by atoms with E-state index in [0.717, 1.165) is 18.5 Å². The number of benzene rings is 1. The third kappa shape index (κ3) is 6.76. The fraction of sp³-hybridized carbons (Fsp3) is 0.562. The Bertz CT molecular complexity index is 386. The lowest BCUT2D eigenvalue weighted by atomic mass is 10.0. The number of alkyl halides is 1. The molecule has 0 spiro atoms. The van der Waals surface area contributed by atoms with E-state index in [1.807, 2.05) is 19.1 Å². The van der Waals surface area contributed by atoms with Gasteiger partial charge in [0.2, 0.25) is 5.91 Å². The van der Waals surface area contributed by atoms with Crippen LogP contribution < -0.4 is 5.32 Å². The van der Waals surface area contributed by atoms with E-state index in [1.54, 1.807) is 0 Å². The molecule has 1 N–H and O–H groups in total. The molecule has 1 amide bonds. The maximum absolute atomic E-state index is 11.5. The van der Waals surface area contributed by atoms with Crippen LogP contribution in [0.3, 0.4) is 0 Å². The zero-order valence-electron chi connectivity index (χ0n) is 12.1. The van der Waals surface area contributed by atoms with Crippen LogP contribution in [0.5, 0.6) is 0 Å². The average molecular weight is 326 g/mol. The van der Waals surface area contributed by atoms with Gasteiger partial charge in [0.25, 0.3) is 0 Å². The lowest BCUT2D eigenvalue weighted by Gasteiger charge is -2.12. The summed E-state index contributed by atoms with van der Waals surface area (Å²) in [4.78, 5) is 12.0. The summed E-state index contributed by atoms with van der Waals surface area (Å²) in [6, 6.07) is 8.16. The molecule has 0 aliphatic rings. The SMILES string of the molecule is CCCC(=O)Nc1ccc(CC(Br)CC(C)C)cc1. The predicted molar refractivity (Wildman–Crippen MR) is 85.9 cm³/mol. The van der Waals surface area contributed by atoms with Crippen LogP contribution in [0, 0.1) is 5.92 Å². The van der Waals surface area contributed by atoms with Gasteiger partial charge in [-0.15, -0.1) is 0 Å². The number of rotatable bonds is 7. The van der Waals surface area contributed by atoms with Crippen LogP contribution in [0.1, 0.15) is 45.6 Å². The molecule has 0 aromatic heterocycles. The number of anilines is 1. The summed E-state index contributed by atoms with van der Waals surface area (Å²) in [7, 11) is 0. The number of hydrogen-bond donors (Lipinski definition) is 1. The van der Waals surface area contributed by atoms with Gasteiger partial charge in [0.15, 0.2) is 0 Å². The fourth-order valence-corrected chi connectivity index (χ4v) is 3.15. The second-order valence-corrected chi connectivity index (χ2v) is 6.72. The van der Waals surface area contributed by atoms with Crippen LogP contribution in [0.25, 0.3) is 0 Å². The van der Waals surface area contributed by atoms with E-state index in [-0.39, 0.29) is 5.91 Å². The van der Waals surface area contributed by atoms with Gasteiger partial charge in [-0.05, 0) is 42.9 Å². The Labute approximate surface area is 125 Å². The molecular formula is C16H24BrNO. The minimum atomic E-state index is 0.0911. The molecule has 0 bridgehead atoms. The molecule has 3 heteroatoms. The number of amides is 1. The van der Waals surface area contributed by atoms with Crippen molar-refractivity contribution in [3.63, 3.8) is 0 Å². The summed E-state index contributed by atoms with van der Waals surface area (Å²) in [5, 5.41) is 2.90. The minimum absolute atomic E-state index is 0.0911. The summed E-state index contributed by atoms with van der Waals surface area (Å²) < 4.78 is 0. The van der Waals surface area contributed by atoms with Gasteiger partial charge in [0.1, 0.15) is 0 Å². The minimum Gasteiger partial charge on any atom is -0.326 e. The molecule has 2 nitrogen and oxygen atoms in total. The van der Waals surface area contributed by atoms with Gasteiger partial charge in [0, 0.05) is 16.9 Å². The van der Waals surface area contributed by atoms with E-state index in [2.05, 4.69) is 47.2 Å². The molecule has 1 aromatic carbocycles. The Kier molecular flexibility index (Phi) is 7.14. The molecule has 0 saturated heterocycles. The summed E-state index contributed by atoms with van der Waals surface area (Å²) in [5.41, 5.74) is 2.19. The first-order chi connectivity index (χ1) is 9.01. The van der Waals surface area contributed by atoms with E-state index < -0.39 is 0 Å². The molecular weight excluding hydrogens is 302 g/mol. The van der Waals surface area contributed by atoms with Crippen molar-refractivity contribution in [3.8, 4) is 0 Å². The van der Waals surface area contributed by atoms with Crippen molar-refractivity contribution < 1.29 is 4.79 Å². The Balaban J connectivity index is 2.49. The first-order valence-corrected chi connectivity index (χ1v) is 7.95. The number of halogens is 1. The number of carbonyl (C=O) groups is 1. The normalized spacial score (nSPS) is 12.5. The highest BCUT2D eigenvalue weighted by molar-refractivity contribution is 9.09. The third-order valence-corrected chi connectivity index (χ3v) is 3.60.